The van der Waals surface area contributed by atoms with Crippen LogP contribution in [-0.4, -0.2) is 51.8 Å². The van der Waals surface area contributed by atoms with E-state index in [1.807, 2.05) is 20.8 Å². The van der Waals surface area contributed by atoms with Crippen molar-refractivity contribution in [3.8, 4) is 0 Å². The summed E-state index contributed by atoms with van der Waals surface area (Å²) < 4.78 is 26.4. The van der Waals surface area contributed by atoms with Gasteiger partial charge in [-0.05, 0) is 55.6 Å². The molecule has 0 radical (unpaired) electrons. The van der Waals surface area contributed by atoms with E-state index in [2.05, 4.69) is 0 Å². The molecule has 8 atom stereocenters. The van der Waals surface area contributed by atoms with Crippen molar-refractivity contribution in [3.05, 3.63) is 23.6 Å². The molecule has 38 heavy (non-hydrogen) atoms. The van der Waals surface area contributed by atoms with Crippen molar-refractivity contribution in [2.24, 2.45) is 28.6 Å². The molecule has 4 rings (SSSR count). The molecule has 3 saturated carbocycles. The number of carbonyl (C=O) groups excluding carboxylic acids is 4. The van der Waals surface area contributed by atoms with Crippen LogP contribution < -0.4 is 0 Å². The third-order valence-electron chi connectivity index (χ3n) is 10.1. The van der Waals surface area contributed by atoms with Crippen LogP contribution in [0.3, 0.4) is 0 Å². The highest BCUT2D eigenvalue weighted by molar-refractivity contribution is 6.26. The molecule has 0 saturated heterocycles. The number of carbonyl (C=O) groups is 4. The molecule has 0 amide bonds. The largest absolute Gasteiger partial charge is 0.457 e. The molecule has 0 aromatic carbocycles. The Hall–Kier alpha value is -2.06. The van der Waals surface area contributed by atoms with Crippen molar-refractivity contribution in [3.63, 3.8) is 0 Å². The Labute approximate surface area is 228 Å². The number of fused-ring (bicyclic) bond motifs is 5. The number of ketones is 2. The predicted octanol–water partition coefficient (Wildman–Crippen LogP) is 4.77. The number of rotatable bonds is 7. The maximum Gasteiger partial charge on any atom is 0.306 e. The molecule has 0 heterocycles. The molecule has 4 aliphatic carbocycles. The van der Waals surface area contributed by atoms with Gasteiger partial charge in [-0.1, -0.05) is 40.7 Å². The quantitative estimate of drug-likeness (QED) is 0.358. The molecule has 4 aliphatic rings. The third-order valence-corrected chi connectivity index (χ3v) is 11.0. The van der Waals surface area contributed by atoms with Gasteiger partial charge in [0.25, 0.3) is 0 Å². The minimum atomic E-state index is -1.63. The van der Waals surface area contributed by atoms with Gasteiger partial charge in [-0.15, -0.1) is 11.6 Å². The van der Waals surface area contributed by atoms with Crippen molar-refractivity contribution in [2.75, 3.05) is 6.61 Å². The zero-order chi connectivity index (χ0) is 28.3. The van der Waals surface area contributed by atoms with E-state index >= 15 is 4.39 Å². The van der Waals surface area contributed by atoms with Crippen LogP contribution in [0.2, 0.25) is 0 Å². The Bertz CT molecular complexity index is 1120. The van der Waals surface area contributed by atoms with Gasteiger partial charge in [0, 0.05) is 29.6 Å². The van der Waals surface area contributed by atoms with Crippen molar-refractivity contribution in [2.45, 2.75) is 96.1 Å². The maximum absolute atomic E-state index is 15.0. The lowest BCUT2D eigenvalue weighted by molar-refractivity contribution is -0.203. The Morgan fingerprint density at radius 3 is 2.50 bits per heavy atom. The minimum absolute atomic E-state index is 0.0150. The number of aliphatic hydroxyl groups excluding tert-OH is 1. The van der Waals surface area contributed by atoms with Gasteiger partial charge in [-0.3, -0.25) is 19.2 Å². The molecule has 0 spiro atoms. The molecular weight excluding hydrogens is 515 g/mol. The lowest BCUT2D eigenvalue weighted by Gasteiger charge is -2.64. The Morgan fingerprint density at radius 1 is 1.18 bits per heavy atom. The van der Waals surface area contributed by atoms with Gasteiger partial charge in [0.05, 0.1) is 11.0 Å². The van der Waals surface area contributed by atoms with Crippen molar-refractivity contribution < 1.29 is 38.1 Å². The van der Waals surface area contributed by atoms with Gasteiger partial charge >= 0.3 is 11.9 Å². The van der Waals surface area contributed by atoms with Crippen molar-refractivity contribution in [1.82, 2.24) is 0 Å². The van der Waals surface area contributed by atoms with E-state index in [0.29, 0.717) is 24.8 Å². The molecule has 3 fully saturated rings. The topological polar surface area (TPSA) is 107 Å². The number of aliphatic hydroxyl groups is 1. The summed E-state index contributed by atoms with van der Waals surface area (Å²) in [5.41, 5.74) is -3.45. The molecule has 9 heteroatoms. The number of Topliss-reactive ketones (excluding diaryl/α,β-unsaturated/α-hetero) is 1. The highest BCUT2D eigenvalue weighted by Crippen LogP contribution is 2.72. The van der Waals surface area contributed by atoms with Gasteiger partial charge in [-0.2, -0.15) is 0 Å². The van der Waals surface area contributed by atoms with Crippen LogP contribution >= 0.6 is 11.6 Å². The van der Waals surface area contributed by atoms with E-state index in [0.717, 1.165) is 0 Å². The summed E-state index contributed by atoms with van der Waals surface area (Å²) in [5, 5.41) is 11.8. The van der Waals surface area contributed by atoms with Crippen molar-refractivity contribution >= 4 is 35.1 Å². The number of hydrogen-bond acceptors (Lipinski definition) is 7. The number of esters is 2. The number of allylic oxidation sites excluding steroid dienone is 4. The lowest BCUT2D eigenvalue weighted by Crippen LogP contribution is -2.69. The first kappa shape index (κ1) is 28.9. The van der Waals surface area contributed by atoms with Gasteiger partial charge in [-0.25, -0.2) is 4.39 Å². The second-order valence-electron chi connectivity index (χ2n) is 11.9. The zero-order valence-electron chi connectivity index (χ0n) is 22.8. The van der Waals surface area contributed by atoms with E-state index in [-0.39, 0.29) is 37.5 Å². The van der Waals surface area contributed by atoms with Crippen LogP contribution in [0, 0.1) is 28.6 Å². The van der Waals surface area contributed by atoms with Crippen molar-refractivity contribution in [1.29, 1.82) is 0 Å². The molecule has 0 bridgehead atoms. The van der Waals surface area contributed by atoms with Crippen LogP contribution in [0.25, 0.3) is 0 Å². The van der Waals surface area contributed by atoms with Gasteiger partial charge in [0.15, 0.2) is 18.0 Å². The molecule has 0 aliphatic heterocycles. The van der Waals surface area contributed by atoms with Gasteiger partial charge < -0.3 is 14.6 Å². The molecule has 210 valence electrons. The van der Waals surface area contributed by atoms with Crippen LogP contribution in [-0.2, 0) is 28.7 Å². The minimum Gasteiger partial charge on any atom is -0.457 e. The second-order valence-corrected chi connectivity index (χ2v) is 12.5. The monoisotopic (exact) mass is 552 g/mol. The number of alkyl halides is 1. The van der Waals surface area contributed by atoms with E-state index in [1.165, 1.54) is 6.08 Å². The van der Waals surface area contributed by atoms with Crippen LogP contribution in [0.4, 0.5) is 4.39 Å². The zero-order valence-corrected chi connectivity index (χ0v) is 23.5. The first-order valence-corrected chi connectivity index (χ1v) is 14.0. The summed E-state index contributed by atoms with van der Waals surface area (Å²) in [7, 11) is 0. The molecule has 1 N–H and O–H groups in total. The van der Waals surface area contributed by atoms with Crippen LogP contribution in [0.15, 0.2) is 23.6 Å². The molecule has 0 aromatic rings. The smallest absolute Gasteiger partial charge is 0.306 e. The van der Waals surface area contributed by atoms with Gasteiger partial charge in [0.1, 0.15) is 0 Å². The Kier molecular flexibility index (Phi) is 7.50. The average Bonchev–Trinajstić information content (AvgIpc) is 3.08. The Morgan fingerprint density at radius 2 is 1.87 bits per heavy atom. The number of halogens is 2. The predicted molar refractivity (Wildman–Crippen MR) is 138 cm³/mol. The first-order valence-electron chi connectivity index (χ1n) is 13.6. The number of ether oxygens (including phenoxy) is 2. The highest BCUT2D eigenvalue weighted by Gasteiger charge is 2.76. The fourth-order valence-corrected chi connectivity index (χ4v) is 8.78. The molecular formula is C29H38ClFO7. The summed E-state index contributed by atoms with van der Waals surface area (Å²) in [4.78, 5) is 49.6. The van der Waals surface area contributed by atoms with E-state index in [1.54, 1.807) is 19.9 Å². The Balaban J connectivity index is 1.81. The average molecular weight is 553 g/mol. The van der Waals surface area contributed by atoms with E-state index in [4.69, 9.17) is 21.1 Å². The third kappa shape index (κ3) is 3.76. The fourth-order valence-electron chi connectivity index (χ4n) is 8.27. The molecule has 7 nitrogen and oxygen atoms in total. The molecule has 0 aromatic heterocycles. The fraction of sp³-hybridized carbons (Fsp3) is 0.724. The summed E-state index contributed by atoms with van der Waals surface area (Å²) >= 11 is 7.41. The summed E-state index contributed by atoms with van der Waals surface area (Å²) in [5.74, 6) is -4.15. The maximum atomic E-state index is 15.0. The second kappa shape index (κ2) is 9.84. The summed E-state index contributed by atoms with van der Waals surface area (Å²) in [6.07, 6.45) is 3.53. The normalized spacial score (nSPS) is 41.7. The lowest BCUT2D eigenvalue weighted by atomic mass is 9.45. The summed E-state index contributed by atoms with van der Waals surface area (Å²) in [6, 6.07) is 0. The highest BCUT2D eigenvalue weighted by atomic mass is 35.5. The van der Waals surface area contributed by atoms with Crippen LogP contribution in [0.1, 0.15) is 79.6 Å². The SMILES string of the molecule is CCCC(=O)O[C@@]1(C(=O)COC(=O)CC)[C@@H](C)C[C@H]2[C@@H]3CCC4=C(F)C(=O)C=C[C@]4(C)[C@@]3(Cl)[C@@H](O)C[C@@]21C. The summed E-state index contributed by atoms with van der Waals surface area (Å²) in [6.45, 7) is 8.39. The van der Waals surface area contributed by atoms with E-state index in [9.17, 15) is 24.3 Å². The number of hydrogen-bond donors (Lipinski definition) is 1. The molecule has 0 unspecified atom stereocenters. The van der Waals surface area contributed by atoms with E-state index < -0.39 is 69.3 Å². The van der Waals surface area contributed by atoms with Gasteiger partial charge in [0.2, 0.25) is 11.6 Å². The van der Waals surface area contributed by atoms with Crippen LogP contribution in [0.5, 0.6) is 0 Å². The first-order chi connectivity index (χ1) is 17.7. The standard InChI is InChI=1S/C29H38ClFO7/c1-6-8-24(36)38-29(22(34)15-37-23(35)7-2)16(3)13-19-17-9-10-18-25(31)20(32)11-12-26(18,4)28(17,30)21(33)14-27(19,29)5/h11-12,16-17,19,21,33H,6-10,13-15H2,1-5H3/t16-,17-,19-,21-,26-,27-,28-,29+/m0/s1.